The number of fused-ring (bicyclic) bond motifs is 3. The van der Waals surface area contributed by atoms with Gasteiger partial charge in [0.05, 0.1) is 6.33 Å². The number of hydrogen-bond donors (Lipinski definition) is 1. The number of para-hydroxylation sites is 1. The summed E-state index contributed by atoms with van der Waals surface area (Å²) in [4.78, 5) is 28.2. The first kappa shape index (κ1) is 13.1. The minimum Gasteiger partial charge on any atom is -0.448 e. The van der Waals surface area contributed by atoms with E-state index in [4.69, 9.17) is 4.42 Å². The minimum atomic E-state index is -0.370. The highest BCUT2D eigenvalue weighted by Gasteiger charge is 2.14. The molecule has 0 atom stereocenters. The summed E-state index contributed by atoms with van der Waals surface area (Å²) >= 11 is 0. The van der Waals surface area contributed by atoms with Crippen molar-refractivity contribution in [2.24, 2.45) is 0 Å². The van der Waals surface area contributed by atoms with E-state index in [0.29, 0.717) is 17.6 Å². The van der Waals surface area contributed by atoms with E-state index in [1.165, 1.54) is 10.9 Å². The van der Waals surface area contributed by atoms with Crippen molar-refractivity contribution >= 4 is 28.0 Å². The molecule has 6 nitrogen and oxygen atoms in total. The van der Waals surface area contributed by atoms with Crippen LogP contribution in [0.25, 0.3) is 22.1 Å². The first-order valence-electron chi connectivity index (χ1n) is 6.45. The van der Waals surface area contributed by atoms with Gasteiger partial charge in [0.1, 0.15) is 17.6 Å². The molecule has 1 aromatic carbocycles. The molecule has 106 valence electrons. The van der Waals surface area contributed by atoms with E-state index in [-0.39, 0.29) is 23.6 Å². The highest BCUT2D eigenvalue weighted by Crippen LogP contribution is 2.23. The lowest BCUT2D eigenvalue weighted by Crippen LogP contribution is -2.32. The number of furan rings is 1. The van der Waals surface area contributed by atoms with Crippen molar-refractivity contribution in [3.63, 3.8) is 0 Å². The van der Waals surface area contributed by atoms with Crippen molar-refractivity contribution in [2.45, 2.75) is 6.54 Å². The number of benzene rings is 1. The normalized spacial score (nSPS) is 10.9. The van der Waals surface area contributed by atoms with Gasteiger partial charge in [0.25, 0.3) is 5.56 Å². The molecule has 21 heavy (non-hydrogen) atoms. The minimum absolute atomic E-state index is 0.105. The fraction of sp³-hybridized carbons (Fsp3) is 0.133. The largest absolute Gasteiger partial charge is 0.448 e. The van der Waals surface area contributed by atoms with Crippen LogP contribution < -0.4 is 10.9 Å². The number of rotatable bonds is 4. The highest BCUT2D eigenvalue weighted by molar-refractivity contribution is 6.01. The molecule has 0 saturated carbocycles. The molecule has 1 amide bonds. The molecular formula is C15H13N3O3. The Bertz CT molecular complexity index is 892. The Morgan fingerprint density at radius 2 is 2.24 bits per heavy atom. The molecule has 2 heterocycles. The zero-order valence-electron chi connectivity index (χ0n) is 11.2. The standard InChI is InChI=1S/C15H13N3O3/c1-2-7-16-12(19)8-18-9-17-13-10-5-3-4-6-11(10)21-14(13)15(18)20/h2-6,9H,1,7-8H2,(H,16,19). The fourth-order valence-electron chi connectivity index (χ4n) is 2.12. The number of nitrogens with zero attached hydrogens (tertiary/aromatic N) is 2. The van der Waals surface area contributed by atoms with Crippen molar-refractivity contribution in [2.75, 3.05) is 6.54 Å². The Labute approximate surface area is 119 Å². The third-order valence-corrected chi connectivity index (χ3v) is 3.11. The third-order valence-electron chi connectivity index (χ3n) is 3.11. The summed E-state index contributed by atoms with van der Waals surface area (Å²) in [7, 11) is 0. The second-order valence-electron chi connectivity index (χ2n) is 4.55. The van der Waals surface area contributed by atoms with E-state index in [1.54, 1.807) is 12.1 Å². The number of carbonyl (C=O) groups excluding carboxylic acids is 1. The van der Waals surface area contributed by atoms with Crippen LogP contribution in [-0.2, 0) is 11.3 Å². The molecule has 0 unspecified atom stereocenters. The average molecular weight is 283 g/mol. The quantitative estimate of drug-likeness (QED) is 0.735. The number of hydrogen-bond acceptors (Lipinski definition) is 4. The van der Waals surface area contributed by atoms with Crippen LogP contribution in [0.15, 0.2) is 52.5 Å². The lowest BCUT2D eigenvalue weighted by Gasteiger charge is -2.04. The average Bonchev–Trinajstić information content (AvgIpc) is 2.87. The predicted molar refractivity (Wildman–Crippen MR) is 79.0 cm³/mol. The summed E-state index contributed by atoms with van der Waals surface area (Å²) in [6.07, 6.45) is 2.93. The maximum Gasteiger partial charge on any atom is 0.297 e. The van der Waals surface area contributed by atoms with Gasteiger partial charge in [-0.05, 0) is 12.1 Å². The maximum absolute atomic E-state index is 12.3. The number of nitrogens with one attached hydrogen (secondary N) is 1. The molecule has 0 aliphatic carbocycles. The van der Waals surface area contributed by atoms with Gasteiger partial charge < -0.3 is 9.73 Å². The third kappa shape index (κ3) is 2.31. The van der Waals surface area contributed by atoms with Gasteiger partial charge in [0.15, 0.2) is 0 Å². The van der Waals surface area contributed by atoms with Crippen molar-refractivity contribution in [1.82, 2.24) is 14.9 Å². The smallest absolute Gasteiger partial charge is 0.297 e. The summed E-state index contributed by atoms with van der Waals surface area (Å²) in [5, 5.41) is 3.39. The Morgan fingerprint density at radius 1 is 1.43 bits per heavy atom. The SMILES string of the molecule is C=CCNC(=O)Cn1cnc2c(oc3ccccc32)c1=O. The van der Waals surface area contributed by atoms with Crippen molar-refractivity contribution in [3.05, 3.63) is 53.6 Å². The summed E-state index contributed by atoms with van der Waals surface area (Å²) in [6, 6.07) is 7.30. The van der Waals surface area contributed by atoms with Crippen molar-refractivity contribution < 1.29 is 9.21 Å². The van der Waals surface area contributed by atoms with Crippen LogP contribution in [0, 0.1) is 0 Å². The van der Waals surface area contributed by atoms with E-state index in [1.807, 2.05) is 18.2 Å². The number of amides is 1. The summed E-state index contributed by atoms with van der Waals surface area (Å²) in [5.41, 5.74) is 0.907. The topological polar surface area (TPSA) is 77.1 Å². The molecule has 0 radical (unpaired) electrons. The van der Waals surface area contributed by atoms with Crippen LogP contribution in [-0.4, -0.2) is 22.0 Å². The molecule has 3 rings (SSSR count). The Kier molecular flexibility index (Phi) is 3.27. The van der Waals surface area contributed by atoms with Crippen LogP contribution >= 0.6 is 0 Å². The molecule has 2 aromatic heterocycles. The summed E-state index contributed by atoms with van der Waals surface area (Å²) < 4.78 is 6.77. The van der Waals surface area contributed by atoms with Gasteiger partial charge in [-0.3, -0.25) is 14.2 Å². The molecule has 6 heteroatoms. The fourth-order valence-corrected chi connectivity index (χ4v) is 2.12. The molecule has 1 N–H and O–H groups in total. The van der Waals surface area contributed by atoms with Gasteiger partial charge in [-0.2, -0.15) is 0 Å². The van der Waals surface area contributed by atoms with Gasteiger partial charge in [0.2, 0.25) is 11.5 Å². The van der Waals surface area contributed by atoms with Crippen LogP contribution in [0.3, 0.4) is 0 Å². The van der Waals surface area contributed by atoms with E-state index >= 15 is 0 Å². The maximum atomic E-state index is 12.3. The Balaban J connectivity index is 2.04. The first-order valence-corrected chi connectivity index (χ1v) is 6.45. The predicted octanol–water partition coefficient (Wildman–Crippen LogP) is 1.44. The second-order valence-corrected chi connectivity index (χ2v) is 4.55. The van der Waals surface area contributed by atoms with Crippen LogP contribution in [0.2, 0.25) is 0 Å². The van der Waals surface area contributed by atoms with E-state index in [0.717, 1.165) is 5.39 Å². The van der Waals surface area contributed by atoms with E-state index in [9.17, 15) is 9.59 Å². The van der Waals surface area contributed by atoms with Gasteiger partial charge in [-0.15, -0.1) is 6.58 Å². The molecule has 0 fully saturated rings. The zero-order valence-corrected chi connectivity index (χ0v) is 11.2. The van der Waals surface area contributed by atoms with Gasteiger partial charge in [0, 0.05) is 11.9 Å². The number of carbonyl (C=O) groups is 1. The Hall–Kier alpha value is -2.89. The molecule has 0 aliphatic heterocycles. The summed E-state index contributed by atoms with van der Waals surface area (Å²) in [5.74, 6) is -0.283. The lowest BCUT2D eigenvalue weighted by atomic mass is 10.2. The highest BCUT2D eigenvalue weighted by atomic mass is 16.3. The molecule has 0 saturated heterocycles. The van der Waals surface area contributed by atoms with E-state index < -0.39 is 0 Å². The summed E-state index contributed by atoms with van der Waals surface area (Å²) in [6.45, 7) is 3.76. The van der Waals surface area contributed by atoms with Gasteiger partial charge >= 0.3 is 0 Å². The van der Waals surface area contributed by atoms with Gasteiger partial charge in [-0.25, -0.2) is 4.98 Å². The monoisotopic (exact) mass is 283 g/mol. The van der Waals surface area contributed by atoms with Crippen LogP contribution in [0.4, 0.5) is 0 Å². The molecule has 0 bridgehead atoms. The lowest BCUT2D eigenvalue weighted by molar-refractivity contribution is -0.121. The molecule has 0 aliphatic rings. The Morgan fingerprint density at radius 3 is 3.05 bits per heavy atom. The molecule has 0 spiro atoms. The second kappa shape index (κ2) is 5.24. The molecule has 3 aromatic rings. The van der Waals surface area contributed by atoms with Crippen molar-refractivity contribution in [1.29, 1.82) is 0 Å². The van der Waals surface area contributed by atoms with E-state index in [2.05, 4.69) is 16.9 Å². The zero-order chi connectivity index (χ0) is 14.8. The number of aromatic nitrogens is 2. The first-order chi connectivity index (χ1) is 10.2. The van der Waals surface area contributed by atoms with Crippen molar-refractivity contribution in [3.8, 4) is 0 Å². The van der Waals surface area contributed by atoms with Gasteiger partial charge in [-0.1, -0.05) is 18.2 Å². The molecular weight excluding hydrogens is 270 g/mol. The van der Waals surface area contributed by atoms with Crippen LogP contribution in [0.1, 0.15) is 0 Å². The van der Waals surface area contributed by atoms with Crippen LogP contribution in [0.5, 0.6) is 0 Å².